The number of benzene rings is 3. The van der Waals surface area contributed by atoms with Crippen molar-refractivity contribution in [3.8, 4) is 40.0 Å². The van der Waals surface area contributed by atoms with E-state index in [1.165, 1.54) is 16.9 Å². The number of hydrogen-bond donors (Lipinski definition) is 0. The molecule has 0 unspecified atom stereocenters. The predicted octanol–water partition coefficient (Wildman–Crippen LogP) is 6.56. The highest BCUT2D eigenvalue weighted by atomic mass is 32.1. The third kappa shape index (κ3) is 4.50. The highest BCUT2D eigenvalue weighted by molar-refractivity contribution is 7.11. The van der Waals surface area contributed by atoms with E-state index in [0.29, 0.717) is 22.1 Å². The smallest absolute Gasteiger partial charge is 0.134 e. The number of ether oxygens (including phenoxy) is 2. The largest absolute Gasteiger partial charge is 0.497 e. The van der Waals surface area contributed by atoms with Gasteiger partial charge in [0.25, 0.3) is 0 Å². The van der Waals surface area contributed by atoms with Gasteiger partial charge >= 0.3 is 0 Å². The summed E-state index contributed by atoms with van der Waals surface area (Å²) in [6.45, 7) is 0. The fourth-order valence-corrected chi connectivity index (χ4v) is 4.04. The first-order chi connectivity index (χ1) is 15.2. The molecule has 3 aromatic carbocycles. The van der Waals surface area contributed by atoms with Gasteiger partial charge in [-0.15, -0.1) is 11.3 Å². The Balaban J connectivity index is 1.63. The fraction of sp³-hybridized carbons (Fsp3) is 0.0769. The van der Waals surface area contributed by atoms with Crippen molar-refractivity contribution in [1.82, 2.24) is 4.98 Å². The van der Waals surface area contributed by atoms with Crippen LogP contribution in [0.3, 0.4) is 0 Å². The molecule has 152 valence electrons. The minimum Gasteiger partial charge on any atom is -0.497 e. The Morgan fingerprint density at radius 3 is 2.29 bits per heavy atom. The molecule has 31 heavy (non-hydrogen) atoms. The van der Waals surface area contributed by atoms with E-state index in [4.69, 9.17) is 14.5 Å². The Kier molecular flexibility index (Phi) is 6.11. The van der Waals surface area contributed by atoms with E-state index in [0.717, 1.165) is 22.4 Å². The standard InChI is InChI=1S/C26H20N2O2S/c1-29-23-12-13-25(30-2)21(15-23)14-22(16-27)26-28-24(17-31-26)20-10-8-19(9-11-20)18-6-4-3-5-7-18/h3-15,17H,1-2H3/b22-14-. The van der Waals surface area contributed by atoms with Gasteiger partial charge in [-0.25, -0.2) is 4.98 Å². The molecule has 5 heteroatoms. The number of allylic oxidation sites excluding steroid dienone is 1. The molecule has 0 aliphatic heterocycles. The van der Waals surface area contributed by atoms with Crippen molar-refractivity contribution in [1.29, 1.82) is 5.26 Å². The van der Waals surface area contributed by atoms with Crippen LogP contribution in [0.25, 0.3) is 34.0 Å². The summed E-state index contributed by atoms with van der Waals surface area (Å²) in [5, 5.41) is 12.4. The van der Waals surface area contributed by atoms with Crippen LogP contribution in [-0.4, -0.2) is 19.2 Å². The number of rotatable bonds is 6. The molecule has 0 aliphatic carbocycles. The van der Waals surface area contributed by atoms with Crippen molar-refractivity contribution in [2.45, 2.75) is 0 Å². The van der Waals surface area contributed by atoms with Gasteiger partial charge in [0.05, 0.1) is 25.5 Å². The molecule has 0 N–H and O–H groups in total. The molecule has 0 fully saturated rings. The van der Waals surface area contributed by atoms with Gasteiger partial charge in [-0.2, -0.15) is 5.26 Å². The molecule has 0 bridgehead atoms. The molecule has 0 saturated heterocycles. The molecule has 4 aromatic rings. The lowest BCUT2D eigenvalue weighted by Crippen LogP contribution is -1.90. The predicted molar refractivity (Wildman–Crippen MR) is 126 cm³/mol. The molecule has 0 atom stereocenters. The summed E-state index contributed by atoms with van der Waals surface area (Å²) in [7, 11) is 3.21. The number of methoxy groups -OCH3 is 2. The van der Waals surface area contributed by atoms with E-state index in [1.807, 2.05) is 41.8 Å². The number of nitriles is 1. The van der Waals surface area contributed by atoms with Crippen molar-refractivity contribution in [3.05, 3.63) is 88.7 Å². The summed E-state index contributed by atoms with van der Waals surface area (Å²) in [5.74, 6) is 1.37. The summed E-state index contributed by atoms with van der Waals surface area (Å²) >= 11 is 1.45. The van der Waals surface area contributed by atoms with Gasteiger partial charge in [-0.3, -0.25) is 0 Å². The summed E-state index contributed by atoms with van der Waals surface area (Å²) in [6.07, 6.45) is 1.78. The van der Waals surface area contributed by atoms with Crippen LogP contribution in [0, 0.1) is 11.3 Å². The molecule has 0 radical (unpaired) electrons. The number of hydrogen-bond acceptors (Lipinski definition) is 5. The molecule has 0 aliphatic rings. The third-order valence-corrected chi connectivity index (χ3v) is 5.76. The van der Waals surface area contributed by atoms with E-state index in [1.54, 1.807) is 20.3 Å². The summed E-state index contributed by atoms with van der Waals surface area (Å²) in [5.41, 5.74) is 5.43. The highest BCUT2D eigenvalue weighted by Gasteiger charge is 2.11. The molecule has 0 spiro atoms. The Labute approximate surface area is 185 Å². The Hall–Kier alpha value is -3.88. The van der Waals surface area contributed by atoms with Crippen molar-refractivity contribution in [2.75, 3.05) is 14.2 Å². The summed E-state index contributed by atoms with van der Waals surface area (Å²) < 4.78 is 10.7. The first kappa shape index (κ1) is 20.4. The van der Waals surface area contributed by atoms with Gasteiger partial charge < -0.3 is 9.47 Å². The van der Waals surface area contributed by atoms with E-state index < -0.39 is 0 Å². The number of aromatic nitrogens is 1. The average Bonchev–Trinajstić information content (AvgIpc) is 3.33. The third-order valence-electron chi connectivity index (χ3n) is 4.88. The molecule has 4 nitrogen and oxygen atoms in total. The van der Waals surface area contributed by atoms with Gasteiger partial charge in [-0.1, -0.05) is 54.6 Å². The zero-order chi connectivity index (χ0) is 21.6. The quantitative estimate of drug-likeness (QED) is 0.329. The second-order valence-electron chi connectivity index (χ2n) is 6.76. The SMILES string of the molecule is COc1ccc(OC)c(/C=C(/C#N)c2nc(-c3ccc(-c4ccccc4)cc3)cs2)c1. The zero-order valence-corrected chi connectivity index (χ0v) is 18.0. The van der Waals surface area contributed by atoms with Crippen LogP contribution in [0.15, 0.2) is 78.2 Å². The maximum absolute atomic E-state index is 9.75. The van der Waals surface area contributed by atoms with E-state index in [-0.39, 0.29) is 0 Å². The monoisotopic (exact) mass is 424 g/mol. The Morgan fingerprint density at radius 2 is 1.61 bits per heavy atom. The van der Waals surface area contributed by atoms with Crippen LogP contribution in [0.5, 0.6) is 11.5 Å². The Bertz CT molecular complexity index is 1250. The lowest BCUT2D eigenvalue weighted by molar-refractivity contribution is 0.402. The van der Waals surface area contributed by atoms with Gasteiger partial charge in [0, 0.05) is 16.5 Å². The second kappa shape index (κ2) is 9.29. The normalized spacial score (nSPS) is 11.1. The van der Waals surface area contributed by atoms with Crippen LogP contribution in [0.4, 0.5) is 0 Å². The maximum atomic E-state index is 9.75. The fourth-order valence-electron chi connectivity index (χ4n) is 3.24. The number of thiazole rings is 1. The summed E-state index contributed by atoms with van der Waals surface area (Å²) in [4.78, 5) is 4.70. The van der Waals surface area contributed by atoms with Gasteiger partial charge in [0.1, 0.15) is 22.6 Å². The highest BCUT2D eigenvalue weighted by Crippen LogP contribution is 2.31. The Morgan fingerprint density at radius 1 is 0.903 bits per heavy atom. The van der Waals surface area contributed by atoms with Crippen LogP contribution >= 0.6 is 11.3 Å². The second-order valence-corrected chi connectivity index (χ2v) is 7.62. The molecular formula is C26H20N2O2S. The molecule has 4 rings (SSSR count). The zero-order valence-electron chi connectivity index (χ0n) is 17.2. The van der Waals surface area contributed by atoms with Crippen molar-refractivity contribution in [3.63, 3.8) is 0 Å². The van der Waals surface area contributed by atoms with Crippen LogP contribution in [0.2, 0.25) is 0 Å². The summed E-state index contributed by atoms with van der Waals surface area (Å²) in [6, 6.07) is 26.3. The van der Waals surface area contributed by atoms with Crippen LogP contribution < -0.4 is 9.47 Å². The van der Waals surface area contributed by atoms with Gasteiger partial charge in [0.15, 0.2) is 0 Å². The molecular weight excluding hydrogens is 404 g/mol. The molecule has 0 saturated carbocycles. The minimum absolute atomic E-state index is 0.476. The van der Waals surface area contributed by atoms with E-state index >= 15 is 0 Å². The van der Waals surface area contributed by atoms with E-state index in [9.17, 15) is 5.26 Å². The minimum atomic E-state index is 0.476. The first-order valence-electron chi connectivity index (χ1n) is 9.67. The lowest BCUT2D eigenvalue weighted by atomic mass is 10.0. The van der Waals surface area contributed by atoms with Crippen LogP contribution in [-0.2, 0) is 0 Å². The van der Waals surface area contributed by atoms with E-state index in [2.05, 4.69) is 42.5 Å². The van der Waals surface area contributed by atoms with Crippen molar-refractivity contribution >= 4 is 23.0 Å². The lowest BCUT2D eigenvalue weighted by Gasteiger charge is -2.07. The molecule has 1 aromatic heterocycles. The van der Waals surface area contributed by atoms with Gasteiger partial charge in [-0.05, 0) is 35.4 Å². The maximum Gasteiger partial charge on any atom is 0.134 e. The topological polar surface area (TPSA) is 55.1 Å². The van der Waals surface area contributed by atoms with Gasteiger partial charge in [0.2, 0.25) is 0 Å². The first-order valence-corrected chi connectivity index (χ1v) is 10.6. The van der Waals surface area contributed by atoms with Crippen molar-refractivity contribution < 1.29 is 9.47 Å². The van der Waals surface area contributed by atoms with Crippen molar-refractivity contribution in [2.24, 2.45) is 0 Å². The molecule has 0 amide bonds. The molecule has 1 heterocycles. The van der Waals surface area contributed by atoms with Crippen LogP contribution in [0.1, 0.15) is 10.6 Å². The average molecular weight is 425 g/mol. The number of nitrogens with zero attached hydrogens (tertiary/aromatic N) is 2.